The van der Waals surface area contributed by atoms with Gasteiger partial charge in [0.1, 0.15) is 0 Å². The lowest BCUT2D eigenvalue weighted by molar-refractivity contribution is -0.385. The molecule has 0 bridgehead atoms. The van der Waals surface area contributed by atoms with Crippen molar-refractivity contribution in [1.29, 1.82) is 5.26 Å². The molecule has 1 rings (SSSR count). The normalized spacial score (nSPS) is 9.84. The molecule has 0 aliphatic rings. The second-order valence-electron chi connectivity index (χ2n) is 3.45. The third-order valence-electron chi connectivity index (χ3n) is 2.20. The van der Waals surface area contributed by atoms with Gasteiger partial charge in [-0.15, -0.1) is 0 Å². The molecule has 0 atom stereocenters. The lowest BCUT2D eigenvalue weighted by Gasteiger charge is -2.01. The Labute approximate surface area is 108 Å². The quantitative estimate of drug-likeness (QED) is 0.217. The van der Waals surface area contributed by atoms with Crippen LogP contribution in [0, 0.1) is 21.4 Å². The van der Waals surface area contributed by atoms with Crippen molar-refractivity contribution in [2.24, 2.45) is 5.11 Å². The predicted molar refractivity (Wildman–Crippen MR) is 67.1 cm³/mol. The van der Waals surface area contributed by atoms with Crippen LogP contribution >= 0.6 is 0 Å². The summed E-state index contributed by atoms with van der Waals surface area (Å²) in [5.74, 6) is -0.496. The number of aromatic hydroxyl groups is 1. The van der Waals surface area contributed by atoms with Crippen LogP contribution in [-0.2, 0) is 0 Å². The summed E-state index contributed by atoms with van der Waals surface area (Å²) in [6.45, 7) is 0.244. The summed E-state index contributed by atoms with van der Waals surface area (Å²) in [5.41, 5.74) is 7.81. The maximum Gasteiger partial charge on any atom is 0.312 e. The van der Waals surface area contributed by atoms with Gasteiger partial charge < -0.3 is 5.11 Å². The minimum absolute atomic E-state index is 0.0826. The van der Waals surface area contributed by atoms with E-state index in [-0.39, 0.29) is 17.7 Å². The van der Waals surface area contributed by atoms with Crippen LogP contribution < -0.4 is 0 Å². The van der Waals surface area contributed by atoms with E-state index in [0.29, 0.717) is 6.42 Å². The molecule has 19 heavy (non-hydrogen) atoms. The number of nitro groups is 1. The molecule has 1 aromatic rings. The Kier molecular flexibility index (Phi) is 4.90. The Morgan fingerprint density at radius 2 is 2.37 bits per heavy atom. The number of phenols is 1. The summed E-state index contributed by atoms with van der Waals surface area (Å²) in [7, 11) is 0. The molecule has 0 spiro atoms. The first-order chi connectivity index (χ1) is 9.10. The maximum absolute atomic E-state index is 10.7. The van der Waals surface area contributed by atoms with Gasteiger partial charge in [-0.05, 0) is 18.0 Å². The van der Waals surface area contributed by atoms with Crippen LogP contribution in [-0.4, -0.2) is 16.6 Å². The predicted octanol–water partition coefficient (Wildman–Crippen LogP) is 2.89. The number of nitriles is 1. The number of hydrogen-bond acceptors (Lipinski definition) is 5. The number of nitro benzene ring substituents is 1. The molecule has 1 N–H and O–H groups in total. The summed E-state index contributed by atoms with van der Waals surface area (Å²) < 4.78 is 0. The molecular formula is C11H9N5O3. The number of nitrogens with zero attached hydrogens (tertiary/aromatic N) is 5. The highest BCUT2D eigenvalue weighted by molar-refractivity contribution is 5.67. The minimum Gasteiger partial charge on any atom is -0.502 e. The average Bonchev–Trinajstić information content (AvgIpc) is 2.39. The maximum atomic E-state index is 10.7. The number of hydrogen-bond donors (Lipinski definition) is 1. The fourth-order valence-electron chi connectivity index (χ4n) is 1.36. The van der Waals surface area contributed by atoms with Crippen LogP contribution in [0.4, 0.5) is 5.69 Å². The van der Waals surface area contributed by atoms with E-state index in [0.717, 1.165) is 6.07 Å². The lowest BCUT2D eigenvalue weighted by atomic mass is 10.1. The smallest absolute Gasteiger partial charge is 0.312 e. The molecule has 0 saturated heterocycles. The summed E-state index contributed by atoms with van der Waals surface area (Å²) in [5, 5.41) is 32.5. The SMILES string of the molecule is N#Cc1cc(C=CCCN=[N+]=[N-])c(O)c([N+](=O)[O-])c1. The van der Waals surface area contributed by atoms with Gasteiger partial charge in [0.05, 0.1) is 16.6 Å². The zero-order valence-electron chi connectivity index (χ0n) is 9.72. The molecule has 96 valence electrons. The van der Waals surface area contributed by atoms with Crippen LogP contribution in [0.2, 0.25) is 0 Å². The number of rotatable bonds is 5. The summed E-state index contributed by atoms with van der Waals surface area (Å²) in [6.07, 6.45) is 3.46. The van der Waals surface area contributed by atoms with E-state index in [4.69, 9.17) is 10.8 Å². The molecule has 0 radical (unpaired) electrons. The topological polar surface area (TPSA) is 136 Å². The van der Waals surface area contributed by atoms with Crippen molar-refractivity contribution in [3.05, 3.63) is 49.9 Å². The molecule has 0 aliphatic carbocycles. The van der Waals surface area contributed by atoms with Crippen molar-refractivity contribution in [2.75, 3.05) is 6.54 Å². The monoisotopic (exact) mass is 259 g/mol. The number of benzene rings is 1. The molecule has 0 saturated carbocycles. The largest absolute Gasteiger partial charge is 0.502 e. The average molecular weight is 259 g/mol. The standard InChI is InChI=1S/C11H9N5O3/c12-7-8-5-9(3-1-2-4-14-15-13)11(17)10(6-8)16(18)19/h1,3,5-6,17H,2,4H2. The van der Waals surface area contributed by atoms with Crippen molar-refractivity contribution >= 4 is 11.8 Å². The Balaban J connectivity index is 3.06. The molecule has 8 nitrogen and oxygen atoms in total. The molecular weight excluding hydrogens is 250 g/mol. The highest BCUT2D eigenvalue weighted by atomic mass is 16.6. The van der Waals surface area contributed by atoms with Gasteiger partial charge in [0.15, 0.2) is 0 Å². The minimum atomic E-state index is -0.756. The van der Waals surface area contributed by atoms with Crippen LogP contribution in [0.3, 0.4) is 0 Å². The van der Waals surface area contributed by atoms with Crippen LogP contribution in [0.15, 0.2) is 23.3 Å². The van der Waals surface area contributed by atoms with Gasteiger partial charge in [0, 0.05) is 23.1 Å². The fourth-order valence-corrected chi connectivity index (χ4v) is 1.36. The van der Waals surface area contributed by atoms with Gasteiger partial charge >= 0.3 is 5.69 Å². The van der Waals surface area contributed by atoms with E-state index in [9.17, 15) is 15.2 Å². The zero-order chi connectivity index (χ0) is 14.3. The van der Waals surface area contributed by atoms with Gasteiger partial charge in [-0.1, -0.05) is 17.3 Å². The Bertz CT molecular complexity index is 611. The molecule has 0 aromatic heterocycles. The van der Waals surface area contributed by atoms with Crippen molar-refractivity contribution in [3.63, 3.8) is 0 Å². The van der Waals surface area contributed by atoms with Crippen LogP contribution in [0.25, 0.3) is 16.5 Å². The molecule has 0 aliphatic heterocycles. The van der Waals surface area contributed by atoms with E-state index in [1.165, 1.54) is 12.1 Å². The van der Waals surface area contributed by atoms with E-state index in [2.05, 4.69) is 10.0 Å². The van der Waals surface area contributed by atoms with Gasteiger partial charge in [-0.25, -0.2) is 0 Å². The summed E-state index contributed by atoms with van der Waals surface area (Å²) >= 11 is 0. The van der Waals surface area contributed by atoms with E-state index >= 15 is 0 Å². The van der Waals surface area contributed by atoms with E-state index in [1.807, 2.05) is 0 Å². The Morgan fingerprint density at radius 1 is 1.63 bits per heavy atom. The van der Waals surface area contributed by atoms with Crippen molar-refractivity contribution in [3.8, 4) is 11.8 Å². The van der Waals surface area contributed by atoms with E-state index < -0.39 is 16.4 Å². The molecule has 1 aromatic carbocycles. The van der Waals surface area contributed by atoms with Crippen LogP contribution in [0.1, 0.15) is 17.5 Å². The van der Waals surface area contributed by atoms with Gasteiger partial charge in [0.2, 0.25) is 5.75 Å². The van der Waals surface area contributed by atoms with E-state index in [1.54, 1.807) is 12.1 Å². The Hall–Kier alpha value is -3.04. The van der Waals surface area contributed by atoms with Crippen molar-refractivity contribution < 1.29 is 10.0 Å². The number of phenolic OH excluding ortho intramolecular Hbond substituents is 1. The first-order valence-electron chi connectivity index (χ1n) is 5.19. The molecule has 0 unspecified atom stereocenters. The number of azide groups is 1. The van der Waals surface area contributed by atoms with Crippen LogP contribution in [0.5, 0.6) is 5.75 Å². The molecule has 8 heteroatoms. The molecule has 0 amide bonds. The molecule has 0 heterocycles. The second-order valence-corrected chi connectivity index (χ2v) is 3.45. The Morgan fingerprint density at radius 3 is 2.95 bits per heavy atom. The third kappa shape index (κ3) is 3.73. The highest BCUT2D eigenvalue weighted by Crippen LogP contribution is 2.32. The van der Waals surface area contributed by atoms with Gasteiger partial charge in [-0.3, -0.25) is 10.1 Å². The van der Waals surface area contributed by atoms with Gasteiger partial charge in [-0.2, -0.15) is 5.26 Å². The first kappa shape index (κ1) is 14.0. The lowest BCUT2D eigenvalue weighted by Crippen LogP contribution is -1.92. The molecule has 0 fully saturated rings. The third-order valence-corrected chi connectivity index (χ3v) is 2.20. The highest BCUT2D eigenvalue weighted by Gasteiger charge is 2.17. The first-order valence-corrected chi connectivity index (χ1v) is 5.19. The second kappa shape index (κ2) is 6.64. The zero-order valence-corrected chi connectivity index (χ0v) is 9.72. The fraction of sp³-hybridized carbons (Fsp3) is 0.182. The van der Waals surface area contributed by atoms with Crippen molar-refractivity contribution in [1.82, 2.24) is 0 Å². The van der Waals surface area contributed by atoms with Crippen molar-refractivity contribution in [2.45, 2.75) is 6.42 Å². The summed E-state index contributed by atoms with van der Waals surface area (Å²) in [6, 6.07) is 4.13. The van der Waals surface area contributed by atoms with Gasteiger partial charge in [0.25, 0.3) is 0 Å². The summed E-state index contributed by atoms with van der Waals surface area (Å²) in [4.78, 5) is 12.5.